The third kappa shape index (κ3) is 4.62. The maximum Gasteiger partial charge on any atom is 0.280 e. The van der Waals surface area contributed by atoms with Gasteiger partial charge in [-0.3, -0.25) is 14.0 Å². The van der Waals surface area contributed by atoms with Gasteiger partial charge in [-0.15, -0.1) is 4.40 Å². The van der Waals surface area contributed by atoms with E-state index in [1.165, 1.54) is 22.9 Å². The number of hydrogen-bond donors (Lipinski definition) is 3. The van der Waals surface area contributed by atoms with Gasteiger partial charge in [-0.2, -0.15) is 0 Å². The summed E-state index contributed by atoms with van der Waals surface area (Å²) in [6.45, 7) is 6.47. The number of allylic oxidation sites excluding steroid dienone is 1. The number of amidine groups is 1. The first-order chi connectivity index (χ1) is 15.7. The minimum atomic E-state index is -4.19. The molecule has 2 aromatic heterocycles. The van der Waals surface area contributed by atoms with Crippen molar-refractivity contribution in [3.63, 3.8) is 0 Å². The summed E-state index contributed by atoms with van der Waals surface area (Å²) in [6.07, 6.45) is 7.45. The SMILES string of the molecule is CC(C)(C)CCn1c(=O)c(C2=NS(=O)(=O)C3C=C(NS(C)(=O)=O)C=CC3N2)c(O)c2cccn21. The minimum absolute atomic E-state index is 0.0644. The van der Waals surface area contributed by atoms with Crippen molar-refractivity contribution in [1.82, 2.24) is 19.2 Å². The highest BCUT2D eigenvalue weighted by Crippen LogP contribution is 2.28. The normalized spacial score (nSPS) is 22.0. The predicted molar refractivity (Wildman–Crippen MR) is 129 cm³/mol. The number of sulfonamides is 2. The molecule has 0 spiro atoms. The lowest BCUT2D eigenvalue weighted by Crippen LogP contribution is -2.52. The van der Waals surface area contributed by atoms with Crippen LogP contribution in [-0.4, -0.2) is 54.5 Å². The second-order valence-corrected chi connectivity index (χ2v) is 13.2. The summed E-state index contributed by atoms with van der Waals surface area (Å²) in [4.78, 5) is 13.5. The van der Waals surface area contributed by atoms with Crippen molar-refractivity contribution in [2.75, 3.05) is 6.26 Å². The molecule has 11 nitrogen and oxygen atoms in total. The first-order valence-corrected chi connectivity index (χ1v) is 14.0. The van der Waals surface area contributed by atoms with Gasteiger partial charge in [0.1, 0.15) is 16.3 Å². The predicted octanol–water partition coefficient (Wildman–Crippen LogP) is 0.663. The van der Waals surface area contributed by atoms with E-state index in [-0.39, 0.29) is 28.3 Å². The summed E-state index contributed by atoms with van der Waals surface area (Å²) in [6, 6.07) is 2.49. The Balaban J connectivity index is 1.82. The van der Waals surface area contributed by atoms with Gasteiger partial charge in [0.05, 0.1) is 12.3 Å². The summed E-state index contributed by atoms with van der Waals surface area (Å²) < 4.78 is 58.1. The maximum atomic E-state index is 13.5. The topological polar surface area (TPSA) is 151 Å². The van der Waals surface area contributed by atoms with Gasteiger partial charge in [0, 0.05) is 18.4 Å². The van der Waals surface area contributed by atoms with Crippen LogP contribution in [0, 0.1) is 5.41 Å². The van der Waals surface area contributed by atoms with E-state index in [9.17, 15) is 26.7 Å². The zero-order valence-corrected chi connectivity index (χ0v) is 20.8. The van der Waals surface area contributed by atoms with Gasteiger partial charge in [-0.25, -0.2) is 21.5 Å². The maximum absolute atomic E-state index is 13.5. The van der Waals surface area contributed by atoms with Crippen LogP contribution >= 0.6 is 0 Å². The first-order valence-electron chi connectivity index (χ1n) is 10.6. The van der Waals surface area contributed by atoms with Crippen molar-refractivity contribution >= 4 is 31.4 Å². The van der Waals surface area contributed by atoms with Crippen LogP contribution < -0.4 is 15.6 Å². The van der Waals surface area contributed by atoms with E-state index in [1.54, 1.807) is 22.8 Å². The first kappa shape index (κ1) is 24.1. The van der Waals surface area contributed by atoms with Crippen LogP contribution in [0.4, 0.5) is 0 Å². The summed E-state index contributed by atoms with van der Waals surface area (Å²) in [5, 5.41) is 12.6. The van der Waals surface area contributed by atoms with Gasteiger partial charge >= 0.3 is 0 Å². The quantitative estimate of drug-likeness (QED) is 0.536. The van der Waals surface area contributed by atoms with Crippen LogP contribution in [0.1, 0.15) is 32.8 Å². The number of hydrogen-bond acceptors (Lipinski definition) is 7. The van der Waals surface area contributed by atoms with Crippen molar-refractivity contribution in [3.8, 4) is 5.75 Å². The van der Waals surface area contributed by atoms with Crippen molar-refractivity contribution < 1.29 is 21.9 Å². The third-order valence-corrected chi connectivity index (χ3v) is 7.74. The number of aryl methyl sites for hydroxylation is 1. The number of fused-ring (bicyclic) bond motifs is 2. The van der Waals surface area contributed by atoms with E-state index in [4.69, 9.17) is 0 Å². The third-order valence-electron chi connectivity index (χ3n) is 5.58. The zero-order valence-electron chi connectivity index (χ0n) is 19.2. The fraction of sp³-hybridized carbons (Fsp3) is 0.429. The number of rotatable bonds is 5. The summed E-state index contributed by atoms with van der Waals surface area (Å²) >= 11 is 0. The van der Waals surface area contributed by atoms with Gasteiger partial charge in [0.25, 0.3) is 15.6 Å². The summed E-state index contributed by atoms with van der Waals surface area (Å²) in [5.41, 5.74) is -0.439. The fourth-order valence-corrected chi connectivity index (χ4v) is 5.85. The molecule has 13 heteroatoms. The molecule has 2 aliphatic rings. The standard InChI is InChI=1S/C21H27N5O6S2/c1-21(2,3)9-11-26-20(28)17(18(27)15-6-5-10-25(15)26)19-22-14-8-7-13(23-33(4,29)30)12-16(14)34(31,32)24-19/h5-8,10,12,14,16,23,27H,9,11H2,1-4H3,(H,22,24). The van der Waals surface area contributed by atoms with Crippen molar-refractivity contribution in [1.29, 1.82) is 0 Å². The molecule has 0 saturated heterocycles. The monoisotopic (exact) mass is 509 g/mol. The van der Waals surface area contributed by atoms with Crippen LogP contribution in [-0.2, 0) is 26.6 Å². The van der Waals surface area contributed by atoms with E-state index < -0.39 is 36.9 Å². The Morgan fingerprint density at radius 2 is 2.00 bits per heavy atom. The molecule has 2 aromatic rings. The van der Waals surface area contributed by atoms with Crippen molar-refractivity contribution in [2.45, 2.75) is 45.0 Å². The van der Waals surface area contributed by atoms with E-state index in [0.29, 0.717) is 18.5 Å². The Kier molecular flexibility index (Phi) is 5.67. The largest absolute Gasteiger partial charge is 0.505 e. The molecule has 0 bridgehead atoms. The molecule has 34 heavy (non-hydrogen) atoms. The molecule has 3 N–H and O–H groups in total. The molecule has 184 valence electrons. The highest BCUT2D eigenvalue weighted by molar-refractivity contribution is 7.91. The van der Waals surface area contributed by atoms with Crippen LogP contribution in [0.5, 0.6) is 5.75 Å². The molecule has 0 amide bonds. The highest BCUT2D eigenvalue weighted by atomic mass is 32.2. The number of aromatic hydroxyl groups is 1. The molecule has 0 saturated carbocycles. The molecule has 1 aliphatic carbocycles. The van der Waals surface area contributed by atoms with E-state index in [2.05, 4.69) is 14.4 Å². The average molecular weight is 510 g/mol. The van der Waals surface area contributed by atoms with Gasteiger partial charge in [-0.05, 0) is 36.1 Å². The molecule has 2 unspecified atom stereocenters. The Bertz CT molecular complexity index is 1520. The van der Waals surface area contributed by atoms with Gasteiger partial charge in [0.15, 0.2) is 11.6 Å². The Labute approximate surface area is 197 Å². The lowest BCUT2D eigenvalue weighted by Gasteiger charge is -2.31. The van der Waals surface area contributed by atoms with E-state index >= 15 is 0 Å². The molecular weight excluding hydrogens is 482 g/mol. The van der Waals surface area contributed by atoms with Crippen LogP contribution in [0.15, 0.2) is 51.4 Å². The lowest BCUT2D eigenvalue weighted by molar-refractivity contribution is 0.330. The summed E-state index contributed by atoms with van der Waals surface area (Å²) in [7, 11) is -7.79. The van der Waals surface area contributed by atoms with E-state index in [0.717, 1.165) is 6.26 Å². The fourth-order valence-electron chi connectivity index (χ4n) is 3.92. The molecule has 2 atom stereocenters. The average Bonchev–Trinajstić information content (AvgIpc) is 3.16. The van der Waals surface area contributed by atoms with Gasteiger partial charge in [-0.1, -0.05) is 26.8 Å². The molecule has 0 fully saturated rings. The van der Waals surface area contributed by atoms with Crippen LogP contribution in [0.2, 0.25) is 0 Å². The van der Waals surface area contributed by atoms with Crippen molar-refractivity contribution in [2.24, 2.45) is 9.81 Å². The molecule has 3 heterocycles. The Morgan fingerprint density at radius 1 is 1.29 bits per heavy atom. The zero-order chi connectivity index (χ0) is 25.1. The Hall–Kier alpha value is -3.06. The van der Waals surface area contributed by atoms with E-state index in [1.807, 2.05) is 20.8 Å². The smallest absolute Gasteiger partial charge is 0.280 e. The number of aromatic nitrogens is 2. The molecule has 4 rings (SSSR count). The lowest BCUT2D eigenvalue weighted by atomic mass is 9.92. The van der Waals surface area contributed by atoms with Crippen LogP contribution in [0.3, 0.4) is 0 Å². The second-order valence-electron chi connectivity index (χ2n) is 9.65. The Morgan fingerprint density at radius 3 is 2.65 bits per heavy atom. The highest BCUT2D eigenvalue weighted by Gasteiger charge is 2.39. The number of nitrogens with zero attached hydrogens (tertiary/aromatic N) is 3. The minimum Gasteiger partial charge on any atom is -0.505 e. The van der Waals surface area contributed by atoms with Crippen LogP contribution in [0.25, 0.3) is 5.52 Å². The van der Waals surface area contributed by atoms with Gasteiger partial charge < -0.3 is 10.4 Å². The molecule has 0 radical (unpaired) electrons. The molecule has 0 aromatic carbocycles. The second kappa shape index (κ2) is 8.01. The number of nitrogens with one attached hydrogen (secondary N) is 2. The van der Waals surface area contributed by atoms with Gasteiger partial charge in [0.2, 0.25) is 10.0 Å². The summed E-state index contributed by atoms with van der Waals surface area (Å²) in [5.74, 6) is -0.633. The molecule has 1 aliphatic heterocycles. The molecular formula is C21H27N5O6S2. The van der Waals surface area contributed by atoms with Crippen molar-refractivity contribution in [3.05, 3.63) is 58.2 Å².